The van der Waals surface area contributed by atoms with Gasteiger partial charge in [0.1, 0.15) is 0 Å². The van der Waals surface area contributed by atoms with E-state index in [1.807, 2.05) is 0 Å². The zero-order valence-electron chi connectivity index (χ0n) is 12.4. The Morgan fingerprint density at radius 1 is 1.05 bits per heavy atom. The summed E-state index contributed by atoms with van der Waals surface area (Å²) in [6, 6.07) is 0. The number of hydrogen-bond acceptors (Lipinski definition) is 3. The smallest absolute Gasteiger partial charge is 0.307 e. The first kappa shape index (κ1) is 17.0. The molecule has 5 nitrogen and oxygen atoms in total. The molecule has 0 bridgehead atoms. The van der Waals surface area contributed by atoms with Crippen molar-refractivity contribution in [2.45, 2.75) is 51.9 Å². The highest BCUT2D eigenvalue weighted by atomic mass is 16.4. The molecule has 0 unspecified atom stereocenters. The fourth-order valence-electron chi connectivity index (χ4n) is 2.48. The van der Waals surface area contributed by atoms with Crippen LogP contribution in [0, 0.1) is 11.8 Å². The summed E-state index contributed by atoms with van der Waals surface area (Å²) in [4.78, 5) is 24.8. The second-order valence-electron chi connectivity index (χ2n) is 5.60. The molecule has 0 radical (unpaired) electrons. The van der Waals surface area contributed by atoms with Gasteiger partial charge in [0.05, 0.1) is 11.8 Å². The van der Waals surface area contributed by atoms with Gasteiger partial charge < -0.3 is 15.1 Å². The summed E-state index contributed by atoms with van der Waals surface area (Å²) >= 11 is 0. The number of aliphatic hydroxyl groups is 1. The highest BCUT2D eigenvalue weighted by Crippen LogP contribution is 2.40. The lowest BCUT2D eigenvalue weighted by Gasteiger charge is -2.22. The van der Waals surface area contributed by atoms with E-state index >= 15 is 0 Å². The van der Waals surface area contributed by atoms with E-state index in [2.05, 4.69) is 6.92 Å². The topological polar surface area (TPSA) is 77.8 Å². The van der Waals surface area contributed by atoms with Gasteiger partial charge >= 0.3 is 5.97 Å². The Morgan fingerprint density at radius 3 is 2.25 bits per heavy atom. The van der Waals surface area contributed by atoms with Crippen molar-refractivity contribution >= 4 is 11.9 Å². The zero-order chi connectivity index (χ0) is 15.0. The molecule has 0 heterocycles. The van der Waals surface area contributed by atoms with Gasteiger partial charge in [-0.1, -0.05) is 32.6 Å². The highest BCUT2D eigenvalue weighted by molar-refractivity contribution is 5.89. The molecular weight excluding hydrogens is 258 g/mol. The van der Waals surface area contributed by atoms with Crippen LogP contribution >= 0.6 is 0 Å². The van der Waals surface area contributed by atoms with Crippen LogP contribution in [0.1, 0.15) is 51.9 Å². The van der Waals surface area contributed by atoms with Crippen molar-refractivity contribution in [2.24, 2.45) is 11.8 Å². The number of aliphatic carboxylic acids is 1. The van der Waals surface area contributed by atoms with Gasteiger partial charge in [-0.05, 0) is 19.3 Å². The second kappa shape index (κ2) is 8.95. The van der Waals surface area contributed by atoms with E-state index in [1.54, 1.807) is 4.90 Å². The monoisotopic (exact) mass is 285 g/mol. The largest absolute Gasteiger partial charge is 0.481 e. The van der Waals surface area contributed by atoms with E-state index in [1.165, 1.54) is 19.3 Å². The minimum atomic E-state index is -0.867. The first-order valence-electron chi connectivity index (χ1n) is 7.74. The summed E-state index contributed by atoms with van der Waals surface area (Å²) in [6.07, 6.45) is 6.68. The van der Waals surface area contributed by atoms with Gasteiger partial charge in [-0.25, -0.2) is 0 Å². The number of amides is 1. The quantitative estimate of drug-likeness (QED) is 0.568. The minimum Gasteiger partial charge on any atom is -0.481 e. The average molecular weight is 285 g/mol. The molecule has 1 saturated carbocycles. The maximum absolute atomic E-state index is 12.2. The van der Waals surface area contributed by atoms with Gasteiger partial charge in [-0.3, -0.25) is 9.59 Å². The van der Waals surface area contributed by atoms with Crippen LogP contribution in [-0.4, -0.2) is 46.7 Å². The number of unbranched alkanes of at least 4 members (excludes halogenated alkanes) is 4. The van der Waals surface area contributed by atoms with Gasteiger partial charge in [0.2, 0.25) is 5.91 Å². The van der Waals surface area contributed by atoms with Crippen LogP contribution in [-0.2, 0) is 9.59 Å². The molecule has 0 aromatic heterocycles. The van der Waals surface area contributed by atoms with Crippen LogP contribution < -0.4 is 0 Å². The van der Waals surface area contributed by atoms with E-state index in [9.17, 15) is 9.59 Å². The van der Waals surface area contributed by atoms with Crippen LogP contribution in [0.5, 0.6) is 0 Å². The summed E-state index contributed by atoms with van der Waals surface area (Å²) in [5.74, 6) is -1.73. The molecule has 1 amide bonds. The summed E-state index contributed by atoms with van der Waals surface area (Å²) in [5, 5.41) is 17.8. The molecule has 0 saturated heterocycles. The van der Waals surface area contributed by atoms with Gasteiger partial charge in [0.15, 0.2) is 0 Å². The number of carboxylic acids is 1. The Hall–Kier alpha value is -1.10. The SMILES string of the molecule is CCCCCCCN(CCCO)C(=O)[C@@H]1C[C@@H]1C(=O)O. The predicted molar refractivity (Wildman–Crippen MR) is 76.3 cm³/mol. The van der Waals surface area contributed by atoms with Crippen molar-refractivity contribution in [3.8, 4) is 0 Å². The van der Waals surface area contributed by atoms with Crippen LogP contribution in [0.25, 0.3) is 0 Å². The molecule has 0 aromatic carbocycles. The lowest BCUT2D eigenvalue weighted by atomic mass is 10.1. The third kappa shape index (κ3) is 5.49. The number of carbonyl (C=O) groups is 2. The number of carboxylic acid groups (broad SMARTS) is 1. The molecule has 1 fully saturated rings. The number of aliphatic hydroxyl groups excluding tert-OH is 1. The summed E-state index contributed by atoms with van der Waals surface area (Å²) < 4.78 is 0. The first-order chi connectivity index (χ1) is 9.61. The number of nitrogens with zero attached hydrogens (tertiary/aromatic N) is 1. The third-order valence-electron chi connectivity index (χ3n) is 3.85. The maximum atomic E-state index is 12.2. The Kier molecular flexibility index (Phi) is 7.59. The lowest BCUT2D eigenvalue weighted by Crippen LogP contribution is -2.35. The number of carbonyl (C=O) groups excluding carboxylic acids is 1. The van der Waals surface area contributed by atoms with Crippen molar-refractivity contribution in [3.63, 3.8) is 0 Å². The minimum absolute atomic E-state index is 0.0404. The van der Waals surface area contributed by atoms with E-state index in [0.717, 1.165) is 12.8 Å². The van der Waals surface area contributed by atoms with Gasteiger partial charge in [0, 0.05) is 19.7 Å². The van der Waals surface area contributed by atoms with Crippen molar-refractivity contribution in [1.29, 1.82) is 0 Å². The van der Waals surface area contributed by atoms with Crippen LogP contribution in [0.3, 0.4) is 0 Å². The summed E-state index contributed by atoms with van der Waals surface area (Å²) in [6.45, 7) is 3.44. The molecule has 1 aliphatic carbocycles. The van der Waals surface area contributed by atoms with E-state index in [0.29, 0.717) is 25.9 Å². The van der Waals surface area contributed by atoms with E-state index in [-0.39, 0.29) is 18.4 Å². The Bertz CT molecular complexity index is 319. The van der Waals surface area contributed by atoms with Crippen molar-refractivity contribution in [2.75, 3.05) is 19.7 Å². The van der Waals surface area contributed by atoms with Crippen molar-refractivity contribution in [1.82, 2.24) is 4.90 Å². The normalized spacial score (nSPS) is 20.7. The van der Waals surface area contributed by atoms with E-state index in [4.69, 9.17) is 10.2 Å². The molecule has 1 aliphatic rings. The van der Waals surface area contributed by atoms with Crippen LogP contribution in [0.2, 0.25) is 0 Å². The summed E-state index contributed by atoms with van der Waals surface area (Å²) in [7, 11) is 0. The number of rotatable bonds is 11. The van der Waals surface area contributed by atoms with Crippen LogP contribution in [0.4, 0.5) is 0 Å². The molecule has 1 rings (SSSR count). The summed E-state index contributed by atoms with van der Waals surface area (Å²) in [5.41, 5.74) is 0. The van der Waals surface area contributed by atoms with E-state index < -0.39 is 11.9 Å². The van der Waals surface area contributed by atoms with Gasteiger partial charge in [-0.15, -0.1) is 0 Å². The second-order valence-corrected chi connectivity index (χ2v) is 5.60. The van der Waals surface area contributed by atoms with Gasteiger partial charge in [-0.2, -0.15) is 0 Å². The predicted octanol–water partition coefficient (Wildman–Crippen LogP) is 1.89. The lowest BCUT2D eigenvalue weighted by molar-refractivity contribution is -0.142. The molecule has 0 spiro atoms. The zero-order valence-corrected chi connectivity index (χ0v) is 12.4. The number of hydrogen-bond donors (Lipinski definition) is 2. The fraction of sp³-hybridized carbons (Fsp3) is 0.867. The maximum Gasteiger partial charge on any atom is 0.307 e. The molecule has 116 valence electrons. The molecule has 5 heteroatoms. The molecule has 2 atom stereocenters. The molecule has 0 aliphatic heterocycles. The molecular formula is C15H27NO4. The Balaban J connectivity index is 2.35. The first-order valence-corrected chi connectivity index (χ1v) is 7.74. The Morgan fingerprint density at radius 2 is 1.70 bits per heavy atom. The van der Waals surface area contributed by atoms with Crippen molar-refractivity contribution in [3.05, 3.63) is 0 Å². The molecule has 20 heavy (non-hydrogen) atoms. The third-order valence-corrected chi connectivity index (χ3v) is 3.85. The van der Waals surface area contributed by atoms with Crippen LogP contribution in [0.15, 0.2) is 0 Å². The Labute approximate surface area is 121 Å². The van der Waals surface area contributed by atoms with Crippen molar-refractivity contribution < 1.29 is 19.8 Å². The highest BCUT2D eigenvalue weighted by Gasteiger charge is 2.49. The average Bonchev–Trinajstić information content (AvgIpc) is 3.21. The van der Waals surface area contributed by atoms with Gasteiger partial charge in [0.25, 0.3) is 0 Å². The molecule has 2 N–H and O–H groups in total. The fourth-order valence-corrected chi connectivity index (χ4v) is 2.48. The molecule has 0 aromatic rings. The standard InChI is InChI=1S/C15H27NO4/c1-2-3-4-5-6-8-16(9-7-10-17)14(18)12-11-13(12)15(19)20/h12-13,17H,2-11H2,1H3,(H,19,20)/t12-,13+/m1/s1.